The third-order valence-corrected chi connectivity index (χ3v) is 11.0. The summed E-state index contributed by atoms with van der Waals surface area (Å²) in [4.78, 5) is 4.30. The molecule has 0 spiro atoms. The van der Waals surface area contributed by atoms with Gasteiger partial charge in [0.25, 0.3) is 0 Å². The zero-order chi connectivity index (χ0) is 24.9. The van der Waals surface area contributed by atoms with Crippen molar-refractivity contribution < 1.29 is 0 Å². The molecule has 174 valence electrons. The Hall–Kier alpha value is -2.55. The van der Waals surface area contributed by atoms with Crippen molar-refractivity contribution in [3.63, 3.8) is 0 Å². The molecule has 0 aromatic heterocycles. The van der Waals surface area contributed by atoms with Crippen LogP contribution in [0.1, 0.15) is 46.7 Å². The molecule has 3 aromatic rings. The van der Waals surface area contributed by atoms with Gasteiger partial charge in [-0.05, 0) is 95.3 Å². The lowest BCUT2D eigenvalue weighted by molar-refractivity contribution is 0.503. The maximum Gasteiger partial charge on any atom is 0.0708 e. The zero-order valence-electron chi connectivity index (χ0n) is 21.3. The van der Waals surface area contributed by atoms with Gasteiger partial charge in [0, 0.05) is 53.0 Å². The summed E-state index contributed by atoms with van der Waals surface area (Å²) in [6.45, 7) is 4.65. The normalized spacial score (nSPS) is 14.6. The number of thiocarbonyl (C=S) groups is 1. The van der Waals surface area contributed by atoms with E-state index in [4.69, 9.17) is 12.2 Å². The van der Waals surface area contributed by atoms with Gasteiger partial charge in [-0.2, -0.15) is 4.99 Å². The van der Waals surface area contributed by atoms with E-state index in [2.05, 4.69) is 89.8 Å². The molecule has 0 fully saturated rings. The van der Waals surface area contributed by atoms with Gasteiger partial charge in [-0.25, -0.2) is 0 Å². The van der Waals surface area contributed by atoms with Crippen molar-refractivity contribution in [1.29, 1.82) is 0 Å². The van der Waals surface area contributed by atoms with E-state index in [1.54, 1.807) is 16.3 Å². The largest absolute Gasteiger partial charge is 0.195 e. The molecular weight excluding hydrogens is 507 g/mol. The summed E-state index contributed by atoms with van der Waals surface area (Å²) in [6.07, 6.45) is 3.78. The minimum absolute atomic E-state index is 0.363. The molecule has 0 aliphatic heterocycles. The lowest BCUT2D eigenvalue weighted by Gasteiger charge is -2.25. The van der Waals surface area contributed by atoms with Crippen molar-refractivity contribution in [3.05, 3.63) is 75.8 Å². The molecule has 1 aliphatic carbocycles. The Morgan fingerprint density at radius 2 is 1.57 bits per heavy atom. The van der Waals surface area contributed by atoms with Gasteiger partial charge >= 0.3 is 0 Å². The van der Waals surface area contributed by atoms with E-state index < -0.39 is 0 Å². The lowest BCUT2D eigenvalue weighted by Crippen LogP contribution is -2.30. The fraction of sp³-hybridized carbons (Fsp3) is 0.207. The van der Waals surface area contributed by atoms with Crippen molar-refractivity contribution in [2.24, 2.45) is 10.9 Å². The van der Waals surface area contributed by atoms with Gasteiger partial charge in [0.15, 0.2) is 0 Å². The average Bonchev–Trinajstić information content (AvgIpc) is 2.84. The molecule has 0 saturated carbocycles. The summed E-state index contributed by atoms with van der Waals surface area (Å²) in [5, 5.41) is 8.11. The zero-order valence-corrected chi connectivity index (χ0v) is 29.5. The van der Waals surface area contributed by atoms with Crippen molar-refractivity contribution in [2.45, 2.75) is 32.7 Å². The third kappa shape index (κ3) is 5.99. The Balaban J connectivity index is 1.55. The molecule has 0 saturated heterocycles. The monoisotopic (exact) mass is 537 g/mol. The summed E-state index contributed by atoms with van der Waals surface area (Å²) in [6, 6.07) is 15.1. The van der Waals surface area contributed by atoms with Crippen LogP contribution in [-0.2, 0) is 12.8 Å². The number of isothiocyanates is 1. The minimum Gasteiger partial charge on any atom is -0.195 e. The second-order valence-electron chi connectivity index (χ2n) is 9.61. The summed E-state index contributed by atoms with van der Waals surface area (Å²) in [5.74, 6) is 14.5. The van der Waals surface area contributed by atoms with Crippen LogP contribution in [0, 0.1) is 29.6 Å². The van der Waals surface area contributed by atoms with Gasteiger partial charge in [-0.1, -0.05) is 53.6 Å². The fourth-order valence-electron chi connectivity index (χ4n) is 5.01. The molecule has 3 aromatic carbocycles. The minimum atomic E-state index is -0.363. The van der Waals surface area contributed by atoms with Gasteiger partial charge in [-0.3, -0.25) is 0 Å². The SMILES string of the molecule is C[SiH2]c1cc(C#Cc2ccc(C#Cc3c([SiH3])cc4c(c3[SiH3])CCC(C)C4)cc2)cc([SiH3])c1N=C=S. The van der Waals surface area contributed by atoms with Crippen molar-refractivity contribution in [1.82, 2.24) is 0 Å². The van der Waals surface area contributed by atoms with E-state index in [-0.39, 0.29) is 9.52 Å². The molecule has 0 radical (unpaired) electrons. The van der Waals surface area contributed by atoms with Crippen LogP contribution in [0.15, 0.2) is 47.5 Å². The highest BCUT2D eigenvalue weighted by atomic mass is 32.1. The number of benzene rings is 3. The molecule has 0 N–H and O–H groups in total. The number of fused-ring (bicyclic) bond motifs is 1. The predicted molar refractivity (Wildman–Crippen MR) is 170 cm³/mol. The van der Waals surface area contributed by atoms with Crippen LogP contribution in [0.3, 0.4) is 0 Å². The van der Waals surface area contributed by atoms with Crippen LogP contribution < -0.4 is 20.7 Å². The molecule has 0 amide bonds. The summed E-state index contributed by atoms with van der Waals surface area (Å²) in [7, 11) is 2.67. The first-order valence-electron chi connectivity index (χ1n) is 12.4. The number of hydrogen-bond donors (Lipinski definition) is 0. The van der Waals surface area contributed by atoms with Crippen molar-refractivity contribution in [2.75, 3.05) is 0 Å². The first-order chi connectivity index (χ1) is 16.9. The number of aliphatic imine (C=N–C) groups is 1. The van der Waals surface area contributed by atoms with Gasteiger partial charge in [0.2, 0.25) is 0 Å². The second kappa shape index (κ2) is 11.5. The summed E-state index contributed by atoms with van der Waals surface area (Å²) < 4.78 is 0. The highest BCUT2D eigenvalue weighted by Crippen LogP contribution is 2.23. The molecule has 4 rings (SSSR count). The van der Waals surface area contributed by atoms with E-state index in [0.717, 1.165) is 59.0 Å². The maximum absolute atomic E-state index is 4.83. The molecular formula is C29H31NSSi4. The topological polar surface area (TPSA) is 12.4 Å². The van der Waals surface area contributed by atoms with E-state index >= 15 is 0 Å². The molecule has 0 bridgehead atoms. The first-order valence-corrected chi connectivity index (χ1v) is 17.9. The first kappa shape index (κ1) is 25.5. The van der Waals surface area contributed by atoms with Crippen LogP contribution in [0.4, 0.5) is 5.69 Å². The Kier molecular flexibility index (Phi) is 8.36. The number of rotatable bonds is 2. The smallest absolute Gasteiger partial charge is 0.0708 e. The van der Waals surface area contributed by atoms with E-state index in [1.807, 2.05) is 0 Å². The predicted octanol–water partition coefficient (Wildman–Crippen LogP) is -0.840. The molecule has 1 nitrogen and oxygen atoms in total. The number of nitrogens with zero attached hydrogens (tertiary/aromatic N) is 1. The van der Waals surface area contributed by atoms with Crippen LogP contribution in [0.2, 0.25) is 6.55 Å². The van der Waals surface area contributed by atoms with Crippen LogP contribution >= 0.6 is 12.2 Å². The summed E-state index contributed by atoms with van der Waals surface area (Å²) >= 11 is 4.83. The molecule has 0 heterocycles. The van der Waals surface area contributed by atoms with Crippen molar-refractivity contribution >= 4 is 84.1 Å². The van der Waals surface area contributed by atoms with E-state index in [9.17, 15) is 0 Å². The quantitative estimate of drug-likeness (QED) is 0.180. The lowest BCUT2D eigenvalue weighted by atomic mass is 9.84. The highest BCUT2D eigenvalue weighted by molar-refractivity contribution is 7.78. The fourth-order valence-corrected chi connectivity index (χ4v) is 9.76. The van der Waals surface area contributed by atoms with E-state index in [1.165, 1.54) is 40.4 Å². The van der Waals surface area contributed by atoms with Gasteiger partial charge in [-0.15, -0.1) is 0 Å². The average molecular weight is 538 g/mol. The van der Waals surface area contributed by atoms with Crippen LogP contribution in [0.25, 0.3) is 0 Å². The third-order valence-electron chi connectivity index (χ3n) is 6.94. The Labute approximate surface area is 226 Å². The Morgan fingerprint density at radius 1 is 0.914 bits per heavy atom. The van der Waals surface area contributed by atoms with Gasteiger partial charge < -0.3 is 0 Å². The van der Waals surface area contributed by atoms with Gasteiger partial charge in [0.1, 0.15) is 0 Å². The standard InChI is InChI=1S/C29H31NSSi4/c1-18-3-11-23-22(13-18)16-25(32)24(29(23)34)12-10-20-6-4-19(5-7-20)8-9-21-14-26(33)28(30-17-31)27(15-21)35-2/h4-7,14-16,18H,3,11,13,35H2,1-2,32-34H3. The number of hydrogen-bond acceptors (Lipinski definition) is 2. The Bertz CT molecular complexity index is 1460. The van der Waals surface area contributed by atoms with Gasteiger partial charge in [0.05, 0.1) is 20.4 Å². The van der Waals surface area contributed by atoms with Crippen LogP contribution in [0.5, 0.6) is 0 Å². The molecule has 6 heteroatoms. The molecule has 1 aliphatic rings. The Morgan fingerprint density at radius 3 is 2.23 bits per heavy atom. The molecule has 1 unspecified atom stereocenters. The maximum atomic E-state index is 4.83. The molecule has 1 atom stereocenters. The van der Waals surface area contributed by atoms with Crippen LogP contribution in [-0.4, -0.2) is 45.4 Å². The van der Waals surface area contributed by atoms with E-state index in [0.29, 0.717) is 0 Å². The molecule has 35 heavy (non-hydrogen) atoms. The summed E-state index contributed by atoms with van der Waals surface area (Å²) in [5.41, 5.74) is 8.68. The second-order valence-corrected chi connectivity index (χ2v) is 14.4. The van der Waals surface area contributed by atoms with Crippen molar-refractivity contribution in [3.8, 4) is 23.7 Å². The highest BCUT2D eigenvalue weighted by Gasteiger charge is 2.19.